The van der Waals surface area contributed by atoms with Crippen LogP contribution >= 0.6 is 0 Å². The van der Waals surface area contributed by atoms with Gasteiger partial charge in [0.25, 0.3) is 0 Å². The fourth-order valence-electron chi connectivity index (χ4n) is 3.37. The number of guanidine groups is 1. The molecule has 1 N–H and O–H groups in total. The molecule has 1 aromatic carbocycles. The average molecular weight is 414 g/mol. The molecule has 3 rings (SSSR count). The fraction of sp³-hybridized carbons (Fsp3) is 0.429. The van der Waals surface area contributed by atoms with Gasteiger partial charge >= 0.3 is 0 Å². The molecule has 0 radical (unpaired) electrons. The molecule has 1 amide bonds. The minimum atomic E-state index is -0.250. The molecule has 1 saturated heterocycles. The molecule has 1 fully saturated rings. The first-order chi connectivity index (χ1) is 14.6. The Morgan fingerprint density at radius 3 is 2.47 bits per heavy atom. The Morgan fingerprint density at radius 1 is 1.17 bits per heavy atom. The van der Waals surface area contributed by atoms with Gasteiger partial charge in [0.15, 0.2) is 5.96 Å². The number of amides is 1. The van der Waals surface area contributed by atoms with E-state index in [0.29, 0.717) is 44.5 Å². The van der Waals surface area contributed by atoms with Crippen molar-refractivity contribution in [2.75, 3.05) is 51.7 Å². The number of halogens is 1. The van der Waals surface area contributed by atoms with Gasteiger partial charge in [0.05, 0.1) is 0 Å². The second kappa shape index (κ2) is 10.5. The van der Waals surface area contributed by atoms with E-state index in [1.54, 1.807) is 37.6 Å². The highest BCUT2D eigenvalue weighted by atomic mass is 19.1. The Bertz CT molecular complexity index is 836. The summed E-state index contributed by atoms with van der Waals surface area (Å²) in [7, 11) is 3.61. The van der Waals surface area contributed by atoms with Crippen LogP contribution < -0.4 is 10.2 Å². The summed E-state index contributed by atoms with van der Waals surface area (Å²) >= 11 is 0. The largest absolute Gasteiger partial charge is 0.356 e. The number of piperazine rings is 1. The highest BCUT2D eigenvalue weighted by Gasteiger charge is 2.22. The third-order valence-electron chi connectivity index (χ3n) is 5.00. The van der Waals surface area contributed by atoms with E-state index < -0.39 is 0 Å². The van der Waals surface area contributed by atoms with Gasteiger partial charge in [-0.05, 0) is 23.8 Å². The lowest BCUT2D eigenvalue weighted by Crippen LogP contribution is -2.50. The number of anilines is 1. The Balaban J connectivity index is 1.40. The standard InChI is InChI=1S/C21H28FN7O/c1-23-20(27(2)16-17-4-6-18(22)7-5-17)26-11-8-19(30)28-12-14-29(15-13-28)21-24-9-3-10-25-21/h3-7,9-10H,8,11-16H2,1-2H3,(H,23,26). The van der Waals surface area contributed by atoms with Crippen molar-refractivity contribution >= 4 is 17.8 Å². The van der Waals surface area contributed by atoms with Crippen LogP contribution in [0.3, 0.4) is 0 Å². The molecule has 2 aromatic rings. The van der Waals surface area contributed by atoms with E-state index in [2.05, 4.69) is 25.2 Å². The molecule has 8 nitrogen and oxygen atoms in total. The molecule has 30 heavy (non-hydrogen) atoms. The molecule has 0 aliphatic carbocycles. The van der Waals surface area contributed by atoms with Crippen molar-refractivity contribution in [3.05, 3.63) is 54.1 Å². The maximum atomic E-state index is 13.1. The summed E-state index contributed by atoms with van der Waals surface area (Å²) in [6.07, 6.45) is 3.85. The predicted molar refractivity (Wildman–Crippen MR) is 115 cm³/mol. The summed E-state index contributed by atoms with van der Waals surface area (Å²) < 4.78 is 13.1. The zero-order valence-corrected chi connectivity index (χ0v) is 17.5. The van der Waals surface area contributed by atoms with Gasteiger partial charge in [-0.25, -0.2) is 14.4 Å². The first kappa shape index (κ1) is 21.5. The number of nitrogens with one attached hydrogen (secondary N) is 1. The lowest BCUT2D eigenvalue weighted by Gasteiger charge is -2.34. The van der Waals surface area contributed by atoms with Crippen LogP contribution in [-0.2, 0) is 11.3 Å². The molecular formula is C21H28FN7O. The summed E-state index contributed by atoms with van der Waals surface area (Å²) in [6.45, 7) is 3.88. The fourth-order valence-corrected chi connectivity index (χ4v) is 3.37. The second-order valence-electron chi connectivity index (χ2n) is 7.12. The van der Waals surface area contributed by atoms with Crippen LogP contribution in [0, 0.1) is 5.82 Å². The summed E-state index contributed by atoms with van der Waals surface area (Å²) in [5.41, 5.74) is 0.984. The zero-order valence-electron chi connectivity index (χ0n) is 17.5. The van der Waals surface area contributed by atoms with E-state index in [1.165, 1.54) is 12.1 Å². The van der Waals surface area contributed by atoms with Crippen molar-refractivity contribution in [3.8, 4) is 0 Å². The van der Waals surface area contributed by atoms with E-state index in [-0.39, 0.29) is 11.7 Å². The quantitative estimate of drug-likeness (QED) is 0.569. The van der Waals surface area contributed by atoms with Gasteiger partial charge in [0.1, 0.15) is 5.82 Å². The van der Waals surface area contributed by atoms with Gasteiger partial charge in [0.2, 0.25) is 11.9 Å². The summed E-state index contributed by atoms with van der Waals surface area (Å²) in [4.78, 5) is 31.3. The lowest BCUT2D eigenvalue weighted by atomic mass is 10.2. The Kier molecular flexibility index (Phi) is 7.53. The smallest absolute Gasteiger partial charge is 0.225 e. The first-order valence-corrected chi connectivity index (χ1v) is 10.0. The van der Waals surface area contributed by atoms with Gasteiger partial charge in [-0.3, -0.25) is 9.79 Å². The molecule has 0 saturated carbocycles. The normalized spacial score (nSPS) is 14.6. The molecule has 0 atom stereocenters. The van der Waals surface area contributed by atoms with Crippen molar-refractivity contribution in [1.82, 2.24) is 25.1 Å². The van der Waals surface area contributed by atoms with Crippen molar-refractivity contribution in [2.24, 2.45) is 4.99 Å². The van der Waals surface area contributed by atoms with Crippen LogP contribution in [0.5, 0.6) is 0 Å². The number of carbonyl (C=O) groups excluding carboxylic acids is 1. The van der Waals surface area contributed by atoms with Crippen molar-refractivity contribution in [3.63, 3.8) is 0 Å². The Morgan fingerprint density at radius 2 is 1.83 bits per heavy atom. The topological polar surface area (TPSA) is 77.0 Å². The SMILES string of the molecule is CN=C(NCCC(=O)N1CCN(c2ncccn2)CC1)N(C)Cc1ccc(F)cc1. The number of benzene rings is 1. The number of carbonyl (C=O) groups is 1. The van der Waals surface area contributed by atoms with E-state index in [9.17, 15) is 9.18 Å². The molecule has 1 aromatic heterocycles. The molecular weight excluding hydrogens is 385 g/mol. The number of hydrogen-bond acceptors (Lipinski definition) is 5. The zero-order chi connectivity index (χ0) is 21.3. The number of aliphatic imine (C=N–C) groups is 1. The summed E-state index contributed by atoms with van der Waals surface area (Å²) in [5.74, 6) is 1.27. The van der Waals surface area contributed by atoms with Crippen LogP contribution in [-0.4, -0.2) is 78.5 Å². The molecule has 0 spiro atoms. The van der Waals surface area contributed by atoms with Gasteiger partial charge in [-0.2, -0.15) is 0 Å². The van der Waals surface area contributed by atoms with Crippen LogP contribution in [0.15, 0.2) is 47.7 Å². The van der Waals surface area contributed by atoms with Crippen molar-refractivity contribution in [2.45, 2.75) is 13.0 Å². The Labute approximate surface area is 176 Å². The van der Waals surface area contributed by atoms with Crippen LogP contribution in [0.2, 0.25) is 0 Å². The van der Waals surface area contributed by atoms with Gasteiger partial charge < -0.3 is 20.0 Å². The van der Waals surface area contributed by atoms with Gasteiger partial charge in [0, 0.05) is 72.2 Å². The summed E-state index contributed by atoms with van der Waals surface area (Å²) in [6, 6.07) is 8.19. The van der Waals surface area contributed by atoms with Gasteiger partial charge in [-0.15, -0.1) is 0 Å². The molecule has 0 unspecified atom stereocenters. The molecule has 2 heterocycles. The van der Waals surface area contributed by atoms with Crippen molar-refractivity contribution in [1.29, 1.82) is 0 Å². The van der Waals surface area contributed by atoms with Crippen LogP contribution in [0.4, 0.5) is 10.3 Å². The minimum Gasteiger partial charge on any atom is -0.356 e. The van der Waals surface area contributed by atoms with E-state index in [4.69, 9.17) is 0 Å². The number of nitrogens with zero attached hydrogens (tertiary/aromatic N) is 6. The Hall–Kier alpha value is -3.23. The van der Waals surface area contributed by atoms with Crippen LogP contribution in [0.25, 0.3) is 0 Å². The van der Waals surface area contributed by atoms with E-state index in [0.717, 1.165) is 18.7 Å². The molecule has 1 aliphatic heterocycles. The van der Waals surface area contributed by atoms with Crippen molar-refractivity contribution < 1.29 is 9.18 Å². The monoisotopic (exact) mass is 413 g/mol. The average Bonchev–Trinajstić information content (AvgIpc) is 2.78. The minimum absolute atomic E-state index is 0.118. The van der Waals surface area contributed by atoms with Gasteiger partial charge in [-0.1, -0.05) is 12.1 Å². The highest BCUT2D eigenvalue weighted by molar-refractivity contribution is 5.81. The molecule has 1 aliphatic rings. The van der Waals surface area contributed by atoms with E-state index in [1.807, 2.05) is 16.8 Å². The second-order valence-corrected chi connectivity index (χ2v) is 7.12. The van der Waals surface area contributed by atoms with Crippen LogP contribution in [0.1, 0.15) is 12.0 Å². The third kappa shape index (κ3) is 5.88. The summed E-state index contributed by atoms with van der Waals surface area (Å²) in [5, 5.41) is 3.23. The molecule has 9 heteroatoms. The number of aromatic nitrogens is 2. The maximum absolute atomic E-state index is 13.1. The maximum Gasteiger partial charge on any atom is 0.225 e. The number of rotatable bonds is 6. The third-order valence-corrected chi connectivity index (χ3v) is 5.00. The lowest BCUT2D eigenvalue weighted by molar-refractivity contribution is -0.131. The highest BCUT2D eigenvalue weighted by Crippen LogP contribution is 2.10. The molecule has 160 valence electrons. The molecule has 0 bridgehead atoms. The predicted octanol–water partition coefficient (Wildman–Crippen LogP) is 1.36. The first-order valence-electron chi connectivity index (χ1n) is 10.0. The van der Waals surface area contributed by atoms with E-state index >= 15 is 0 Å². The number of hydrogen-bond donors (Lipinski definition) is 1.